The van der Waals surface area contributed by atoms with Gasteiger partial charge >= 0.3 is 0 Å². The second-order valence-corrected chi connectivity index (χ2v) is 6.75. The minimum absolute atomic E-state index is 0.156. The molecule has 0 unspecified atom stereocenters. The Bertz CT molecular complexity index is 793. The standard InChI is InChI=1S/C16H16N2O3S/c1-18(12-14-5-3-4-6-16(14)21-2)22(19,20)15-9-7-13(11-17)8-10-15/h3-10H,12H2,1-2H3. The zero-order valence-electron chi connectivity index (χ0n) is 12.4. The largest absolute Gasteiger partial charge is 0.496 e. The van der Waals surface area contributed by atoms with Crippen LogP contribution >= 0.6 is 0 Å². The fourth-order valence-corrected chi connectivity index (χ4v) is 3.19. The van der Waals surface area contributed by atoms with Crippen molar-refractivity contribution >= 4 is 10.0 Å². The maximum Gasteiger partial charge on any atom is 0.243 e. The van der Waals surface area contributed by atoms with Gasteiger partial charge in [-0.1, -0.05) is 18.2 Å². The predicted octanol–water partition coefficient (Wildman–Crippen LogP) is 2.39. The summed E-state index contributed by atoms with van der Waals surface area (Å²) < 4.78 is 31.6. The van der Waals surface area contributed by atoms with Crippen molar-refractivity contribution in [2.45, 2.75) is 11.4 Å². The summed E-state index contributed by atoms with van der Waals surface area (Å²) in [6.07, 6.45) is 0. The number of hydrogen-bond acceptors (Lipinski definition) is 4. The van der Waals surface area contributed by atoms with Crippen molar-refractivity contribution in [2.24, 2.45) is 0 Å². The molecule has 0 aromatic heterocycles. The van der Waals surface area contributed by atoms with Gasteiger partial charge in [0, 0.05) is 19.2 Å². The zero-order valence-corrected chi connectivity index (χ0v) is 13.2. The van der Waals surface area contributed by atoms with Gasteiger partial charge in [0.05, 0.1) is 23.6 Å². The van der Waals surface area contributed by atoms with Crippen LogP contribution in [0, 0.1) is 11.3 Å². The summed E-state index contributed by atoms with van der Waals surface area (Å²) >= 11 is 0. The van der Waals surface area contributed by atoms with Crippen LogP contribution in [0.4, 0.5) is 0 Å². The second kappa shape index (κ2) is 6.60. The number of methoxy groups -OCH3 is 1. The number of hydrogen-bond donors (Lipinski definition) is 0. The first-order valence-corrected chi connectivity index (χ1v) is 8.01. The molecule has 2 rings (SSSR count). The molecule has 0 aliphatic heterocycles. The molecule has 0 aliphatic rings. The molecule has 2 aromatic carbocycles. The lowest BCUT2D eigenvalue weighted by Crippen LogP contribution is -2.26. The fraction of sp³-hybridized carbons (Fsp3) is 0.188. The molecule has 0 saturated carbocycles. The summed E-state index contributed by atoms with van der Waals surface area (Å²) in [5.41, 5.74) is 1.20. The van der Waals surface area contributed by atoms with Crippen molar-refractivity contribution in [2.75, 3.05) is 14.2 Å². The summed E-state index contributed by atoms with van der Waals surface area (Å²) in [5.74, 6) is 0.643. The number of benzene rings is 2. The molecule has 0 heterocycles. The number of nitriles is 1. The molecule has 0 spiro atoms. The third-order valence-corrected chi connectivity index (χ3v) is 5.09. The number of rotatable bonds is 5. The Morgan fingerprint density at radius 1 is 1.14 bits per heavy atom. The molecule has 0 saturated heterocycles. The topological polar surface area (TPSA) is 70.4 Å². The Morgan fingerprint density at radius 2 is 1.77 bits per heavy atom. The summed E-state index contributed by atoms with van der Waals surface area (Å²) in [6, 6.07) is 15.1. The summed E-state index contributed by atoms with van der Waals surface area (Å²) in [7, 11) is -0.555. The lowest BCUT2D eigenvalue weighted by Gasteiger charge is -2.18. The van der Waals surface area contributed by atoms with Gasteiger partial charge in [0.15, 0.2) is 0 Å². The molecule has 0 N–H and O–H groups in total. The van der Waals surface area contributed by atoms with Crippen molar-refractivity contribution in [1.82, 2.24) is 4.31 Å². The molecule has 0 bridgehead atoms. The van der Waals surface area contributed by atoms with E-state index in [1.807, 2.05) is 24.3 Å². The van der Waals surface area contributed by atoms with Gasteiger partial charge in [-0.05, 0) is 30.3 Å². The van der Waals surface area contributed by atoms with Gasteiger partial charge < -0.3 is 4.74 Å². The number of nitrogens with zero attached hydrogens (tertiary/aromatic N) is 2. The highest BCUT2D eigenvalue weighted by molar-refractivity contribution is 7.89. The summed E-state index contributed by atoms with van der Waals surface area (Å²) in [4.78, 5) is 0.156. The minimum atomic E-state index is -3.62. The minimum Gasteiger partial charge on any atom is -0.496 e. The molecule has 114 valence electrons. The highest BCUT2D eigenvalue weighted by Gasteiger charge is 2.21. The van der Waals surface area contributed by atoms with Crippen LogP contribution in [-0.4, -0.2) is 26.9 Å². The van der Waals surface area contributed by atoms with Crippen molar-refractivity contribution in [3.63, 3.8) is 0 Å². The van der Waals surface area contributed by atoms with Crippen LogP contribution in [0.2, 0.25) is 0 Å². The fourth-order valence-electron chi connectivity index (χ4n) is 2.04. The third kappa shape index (κ3) is 3.27. The van der Waals surface area contributed by atoms with E-state index in [0.29, 0.717) is 11.3 Å². The van der Waals surface area contributed by atoms with Crippen molar-refractivity contribution in [1.29, 1.82) is 5.26 Å². The first kappa shape index (κ1) is 16.0. The summed E-state index contributed by atoms with van der Waals surface area (Å²) in [6.45, 7) is 0.201. The third-order valence-electron chi connectivity index (χ3n) is 3.28. The molecular formula is C16H16N2O3S. The monoisotopic (exact) mass is 316 g/mol. The van der Waals surface area contributed by atoms with Crippen LogP contribution in [0.25, 0.3) is 0 Å². The van der Waals surface area contributed by atoms with E-state index in [1.165, 1.54) is 35.6 Å². The average molecular weight is 316 g/mol. The average Bonchev–Trinajstić information content (AvgIpc) is 2.55. The van der Waals surface area contributed by atoms with E-state index in [1.54, 1.807) is 13.2 Å². The molecule has 2 aromatic rings. The first-order valence-electron chi connectivity index (χ1n) is 6.57. The molecule has 22 heavy (non-hydrogen) atoms. The van der Waals surface area contributed by atoms with Gasteiger partial charge in [-0.2, -0.15) is 9.57 Å². The highest BCUT2D eigenvalue weighted by atomic mass is 32.2. The Kier molecular flexibility index (Phi) is 4.81. The normalized spacial score (nSPS) is 11.2. The van der Waals surface area contributed by atoms with E-state index in [2.05, 4.69) is 0 Å². The highest BCUT2D eigenvalue weighted by Crippen LogP contribution is 2.22. The Morgan fingerprint density at radius 3 is 2.36 bits per heavy atom. The molecular weight excluding hydrogens is 300 g/mol. The lowest BCUT2D eigenvalue weighted by molar-refractivity contribution is 0.398. The van der Waals surface area contributed by atoms with Gasteiger partial charge in [0.2, 0.25) is 10.0 Å². The Labute approximate surface area is 130 Å². The van der Waals surface area contributed by atoms with Crippen molar-refractivity contribution < 1.29 is 13.2 Å². The van der Waals surface area contributed by atoms with Crippen LogP contribution in [-0.2, 0) is 16.6 Å². The van der Waals surface area contributed by atoms with E-state index in [4.69, 9.17) is 10.00 Å². The SMILES string of the molecule is COc1ccccc1CN(C)S(=O)(=O)c1ccc(C#N)cc1. The quantitative estimate of drug-likeness (QED) is 0.849. The summed E-state index contributed by atoms with van der Waals surface area (Å²) in [5, 5.41) is 8.77. The first-order chi connectivity index (χ1) is 10.5. The van der Waals surface area contributed by atoms with Crippen LogP contribution < -0.4 is 4.74 Å². The molecule has 0 radical (unpaired) electrons. The van der Waals surface area contributed by atoms with Crippen LogP contribution in [0.15, 0.2) is 53.4 Å². The molecule has 6 heteroatoms. The number of sulfonamides is 1. The molecule has 0 aliphatic carbocycles. The Balaban J connectivity index is 2.27. The second-order valence-electron chi connectivity index (χ2n) is 4.71. The van der Waals surface area contributed by atoms with Gasteiger partial charge in [-0.25, -0.2) is 8.42 Å². The van der Waals surface area contributed by atoms with E-state index < -0.39 is 10.0 Å². The van der Waals surface area contributed by atoms with E-state index in [-0.39, 0.29) is 11.4 Å². The van der Waals surface area contributed by atoms with E-state index in [0.717, 1.165) is 5.56 Å². The van der Waals surface area contributed by atoms with Crippen molar-refractivity contribution in [3.8, 4) is 11.8 Å². The van der Waals surface area contributed by atoms with Crippen LogP contribution in [0.3, 0.4) is 0 Å². The molecule has 5 nitrogen and oxygen atoms in total. The lowest BCUT2D eigenvalue weighted by atomic mass is 10.2. The van der Waals surface area contributed by atoms with Gasteiger partial charge in [0.25, 0.3) is 0 Å². The van der Waals surface area contributed by atoms with Crippen LogP contribution in [0.1, 0.15) is 11.1 Å². The molecule has 0 amide bonds. The predicted molar refractivity (Wildman–Crippen MR) is 82.8 cm³/mol. The molecule has 0 fully saturated rings. The van der Waals surface area contributed by atoms with E-state index in [9.17, 15) is 8.42 Å². The Hall–Kier alpha value is -2.36. The zero-order chi connectivity index (χ0) is 16.2. The van der Waals surface area contributed by atoms with Crippen molar-refractivity contribution in [3.05, 3.63) is 59.7 Å². The van der Waals surface area contributed by atoms with Gasteiger partial charge in [0.1, 0.15) is 5.75 Å². The number of para-hydroxylation sites is 1. The smallest absolute Gasteiger partial charge is 0.243 e. The van der Waals surface area contributed by atoms with Crippen LogP contribution in [0.5, 0.6) is 5.75 Å². The maximum absolute atomic E-state index is 12.5. The number of ether oxygens (including phenoxy) is 1. The molecule has 0 atom stereocenters. The maximum atomic E-state index is 12.5. The van der Waals surface area contributed by atoms with E-state index >= 15 is 0 Å². The van der Waals surface area contributed by atoms with Gasteiger partial charge in [-0.3, -0.25) is 0 Å². The van der Waals surface area contributed by atoms with Gasteiger partial charge in [-0.15, -0.1) is 0 Å².